The Morgan fingerprint density at radius 1 is 1.10 bits per heavy atom. The van der Waals surface area contributed by atoms with Crippen molar-refractivity contribution in [3.63, 3.8) is 0 Å². The summed E-state index contributed by atoms with van der Waals surface area (Å²) < 4.78 is 16.7. The summed E-state index contributed by atoms with van der Waals surface area (Å²) in [6, 6.07) is 18.6. The Kier molecular flexibility index (Phi) is 6.37. The molecule has 0 unspecified atom stereocenters. The van der Waals surface area contributed by atoms with E-state index >= 15 is 0 Å². The number of nitrogens with one attached hydrogen (secondary N) is 1. The van der Waals surface area contributed by atoms with E-state index in [0.29, 0.717) is 29.7 Å². The Morgan fingerprint density at radius 2 is 1.87 bits per heavy atom. The standard InChI is InChI=1S/C23H21N3O4S/c1-3-28-19-12-8-7-11-18(19)24-21(27)20(16-9-5-4-6-10-16)31-23-26-25-22(30-23)17-13-14-29-15(17)2/h4-14,20H,3H2,1-2H3,(H,24,27)/t20-/m1/s1. The van der Waals surface area contributed by atoms with Crippen LogP contribution in [0.5, 0.6) is 5.75 Å². The van der Waals surface area contributed by atoms with Crippen molar-refractivity contribution in [2.75, 3.05) is 11.9 Å². The van der Waals surface area contributed by atoms with Gasteiger partial charge < -0.3 is 18.9 Å². The van der Waals surface area contributed by atoms with Crippen molar-refractivity contribution < 1.29 is 18.4 Å². The van der Waals surface area contributed by atoms with Crippen LogP contribution in [0.15, 0.2) is 81.0 Å². The van der Waals surface area contributed by atoms with Crippen LogP contribution in [0.2, 0.25) is 0 Å². The van der Waals surface area contributed by atoms with Gasteiger partial charge in [0.05, 0.1) is 24.1 Å². The van der Waals surface area contributed by atoms with Gasteiger partial charge >= 0.3 is 0 Å². The summed E-state index contributed by atoms with van der Waals surface area (Å²) in [5.41, 5.74) is 2.15. The first-order valence-electron chi connectivity index (χ1n) is 9.78. The molecule has 0 saturated carbocycles. The molecular formula is C23H21N3O4S. The van der Waals surface area contributed by atoms with Crippen LogP contribution in [0.4, 0.5) is 5.69 Å². The largest absolute Gasteiger partial charge is 0.492 e. The van der Waals surface area contributed by atoms with E-state index in [1.54, 1.807) is 12.3 Å². The molecule has 0 radical (unpaired) electrons. The van der Waals surface area contributed by atoms with Crippen molar-refractivity contribution in [1.29, 1.82) is 0 Å². The fourth-order valence-corrected chi connectivity index (χ4v) is 3.90. The number of aryl methyl sites for hydroxylation is 1. The third-order valence-electron chi connectivity index (χ3n) is 4.50. The second-order valence-electron chi connectivity index (χ2n) is 6.59. The predicted octanol–water partition coefficient (Wildman–Crippen LogP) is 5.51. The number of carbonyl (C=O) groups is 1. The van der Waals surface area contributed by atoms with E-state index in [1.807, 2.05) is 68.4 Å². The third kappa shape index (κ3) is 4.80. The van der Waals surface area contributed by atoms with Gasteiger partial charge in [-0.25, -0.2) is 0 Å². The number of nitrogens with zero attached hydrogens (tertiary/aromatic N) is 2. The quantitative estimate of drug-likeness (QED) is 0.365. The average Bonchev–Trinajstić information content (AvgIpc) is 3.42. The van der Waals surface area contributed by atoms with E-state index in [0.717, 1.165) is 11.1 Å². The van der Waals surface area contributed by atoms with Gasteiger partial charge in [0, 0.05) is 0 Å². The Hall–Kier alpha value is -3.52. The molecule has 0 aliphatic heterocycles. The van der Waals surface area contributed by atoms with Crippen LogP contribution in [0.25, 0.3) is 11.5 Å². The minimum absolute atomic E-state index is 0.220. The SMILES string of the molecule is CCOc1ccccc1NC(=O)[C@H](Sc1nnc(-c2ccoc2C)o1)c1ccccc1. The summed E-state index contributed by atoms with van der Waals surface area (Å²) in [5.74, 6) is 1.43. The molecule has 0 saturated heterocycles. The topological polar surface area (TPSA) is 90.4 Å². The summed E-state index contributed by atoms with van der Waals surface area (Å²) in [6.07, 6.45) is 1.57. The van der Waals surface area contributed by atoms with Gasteiger partial charge in [-0.15, -0.1) is 10.2 Å². The molecule has 1 atom stereocenters. The van der Waals surface area contributed by atoms with Gasteiger partial charge in [-0.3, -0.25) is 4.79 Å². The number of carbonyl (C=O) groups excluding carboxylic acids is 1. The predicted molar refractivity (Wildman–Crippen MR) is 118 cm³/mol. The van der Waals surface area contributed by atoms with E-state index in [9.17, 15) is 4.79 Å². The zero-order valence-electron chi connectivity index (χ0n) is 17.1. The molecule has 4 aromatic rings. The highest BCUT2D eigenvalue weighted by atomic mass is 32.2. The first-order chi connectivity index (χ1) is 15.2. The van der Waals surface area contributed by atoms with E-state index < -0.39 is 5.25 Å². The van der Waals surface area contributed by atoms with E-state index in [2.05, 4.69) is 15.5 Å². The highest BCUT2D eigenvalue weighted by molar-refractivity contribution is 8.00. The summed E-state index contributed by atoms with van der Waals surface area (Å²) in [6.45, 7) is 4.22. The number of hydrogen-bond donors (Lipinski definition) is 1. The number of para-hydroxylation sites is 2. The summed E-state index contributed by atoms with van der Waals surface area (Å²) in [4.78, 5) is 13.3. The van der Waals surface area contributed by atoms with E-state index in [-0.39, 0.29) is 11.1 Å². The van der Waals surface area contributed by atoms with E-state index in [1.165, 1.54) is 11.8 Å². The highest BCUT2D eigenvalue weighted by Crippen LogP contribution is 2.37. The number of rotatable bonds is 8. The molecule has 1 N–H and O–H groups in total. The maximum atomic E-state index is 13.3. The van der Waals surface area contributed by atoms with Crippen molar-refractivity contribution in [2.45, 2.75) is 24.3 Å². The fraction of sp³-hybridized carbons (Fsp3) is 0.174. The number of furan rings is 1. The van der Waals surface area contributed by atoms with Crippen molar-refractivity contribution in [2.24, 2.45) is 0 Å². The number of hydrogen-bond acceptors (Lipinski definition) is 7. The van der Waals surface area contributed by atoms with Gasteiger partial charge in [0.1, 0.15) is 16.8 Å². The fourth-order valence-electron chi connectivity index (χ4n) is 3.02. The van der Waals surface area contributed by atoms with Crippen LogP contribution < -0.4 is 10.1 Å². The lowest BCUT2D eigenvalue weighted by Gasteiger charge is -2.17. The van der Waals surface area contributed by atoms with Gasteiger partial charge in [-0.05, 0) is 49.4 Å². The summed E-state index contributed by atoms with van der Waals surface area (Å²) in [7, 11) is 0. The normalized spacial score (nSPS) is 11.8. The van der Waals surface area contributed by atoms with Crippen LogP contribution in [-0.2, 0) is 4.79 Å². The van der Waals surface area contributed by atoms with Crippen molar-refractivity contribution in [3.8, 4) is 17.2 Å². The molecule has 2 heterocycles. The maximum absolute atomic E-state index is 13.3. The number of ether oxygens (including phenoxy) is 1. The van der Waals surface area contributed by atoms with Gasteiger partial charge in [0.15, 0.2) is 0 Å². The smallest absolute Gasteiger partial charge is 0.277 e. The molecule has 2 aromatic heterocycles. The minimum Gasteiger partial charge on any atom is -0.492 e. The number of benzene rings is 2. The number of aromatic nitrogens is 2. The number of thioether (sulfide) groups is 1. The van der Waals surface area contributed by atoms with Crippen LogP contribution >= 0.6 is 11.8 Å². The molecule has 0 fully saturated rings. The van der Waals surface area contributed by atoms with E-state index in [4.69, 9.17) is 13.6 Å². The lowest BCUT2D eigenvalue weighted by molar-refractivity contribution is -0.115. The Labute approximate surface area is 183 Å². The molecule has 0 spiro atoms. The van der Waals surface area contributed by atoms with Gasteiger partial charge in [0.2, 0.25) is 5.91 Å². The Balaban J connectivity index is 1.59. The molecule has 4 rings (SSSR count). The zero-order chi connectivity index (χ0) is 21.6. The second-order valence-corrected chi connectivity index (χ2v) is 7.65. The summed E-state index contributed by atoms with van der Waals surface area (Å²) in [5, 5.41) is 10.9. The van der Waals surface area contributed by atoms with Crippen LogP contribution in [0.3, 0.4) is 0 Å². The lowest BCUT2D eigenvalue weighted by Crippen LogP contribution is -2.19. The lowest BCUT2D eigenvalue weighted by atomic mass is 10.1. The van der Waals surface area contributed by atoms with Gasteiger partial charge in [-0.1, -0.05) is 42.5 Å². The minimum atomic E-state index is -0.602. The number of anilines is 1. The number of amides is 1. The highest BCUT2D eigenvalue weighted by Gasteiger charge is 2.26. The Morgan fingerprint density at radius 3 is 2.61 bits per heavy atom. The van der Waals surface area contributed by atoms with Gasteiger partial charge in [0.25, 0.3) is 11.1 Å². The molecule has 0 bridgehead atoms. The molecule has 8 heteroatoms. The molecular weight excluding hydrogens is 414 g/mol. The molecule has 2 aromatic carbocycles. The van der Waals surface area contributed by atoms with Crippen molar-refractivity contribution >= 4 is 23.4 Å². The molecule has 31 heavy (non-hydrogen) atoms. The van der Waals surface area contributed by atoms with Crippen molar-refractivity contribution in [1.82, 2.24) is 10.2 Å². The second kappa shape index (κ2) is 9.53. The average molecular weight is 436 g/mol. The first-order valence-corrected chi connectivity index (χ1v) is 10.7. The summed E-state index contributed by atoms with van der Waals surface area (Å²) >= 11 is 1.19. The maximum Gasteiger partial charge on any atom is 0.277 e. The molecule has 7 nitrogen and oxygen atoms in total. The van der Waals surface area contributed by atoms with Crippen LogP contribution in [0.1, 0.15) is 23.5 Å². The third-order valence-corrected chi connectivity index (χ3v) is 5.59. The van der Waals surface area contributed by atoms with Crippen LogP contribution in [-0.4, -0.2) is 22.7 Å². The molecule has 0 aliphatic rings. The molecule has 1 amide bonds. The Bertz CT molecular complexity index is 1160. The van der Waals surface area contributed by atoms with Gasteiger partial charge in [-0.2, -0.15) is 0 Å². The monoisotopic (exact) mass is 435 g/mol. The van der Waals surface area contributed by atoms with Crippen molar-refractivity contribution in [3.05, 3.63) is 78.3 Å². The zero-order valence-corrected chi connectivity index (χ0v) is 17.9. The molecule has 158 valence electrons. The van der Waals surface area contributed by atoms with Crippen LogP contribution in [0, 0.1) is 6.92 Å². The molecule has 0 aliphatic carbocycles. The first kappa shape index (κ1) is 20.7.